The lowest BCUT2D eigenvalue weighted by Crippen LogP contribution is -2.29. The molecular formula is C22H26N6O. The van der Waals surface area contributed by atoms with E-state index in [-0.39, 0.29) is 5.91 Å². The summed E-state index contributed by atoms with van der Waals surface area (Å²) in [5.74, 6) is -0.185. The van der Waals surface area contributed by atoms with E-state index in [1.165, 1.54) is 55.3 Å². The van der Waals surface area contributed by atoms with Gasteiger partial charge in [0.05, 0.1) is 11.3 Å². The molecule has 2 aliphatic heterocycles. The van der Waals surface area contributed by atoms with Crippen LogP contribution >= 0.6 is 0 Å². The van der Waals surface area contributed by atoms with Crippen LogP contribution in [0, 0.1) is 0 Å². The van der Waals surface area contributed by atoms with E-state index in [0.29, 0.717) is 17.0 Å². The predicted octanol–water partition coefficient (Wildman–Crippen LogP) is 2.59. The number of nitrogens with zero attached hydrogens (tertiary/aromatic N) is 4. The van der Waals surface area contributed by atoms with Crippen molar-refractivity contribution >= 4 is 17.7 Å². The second-order valence-electron chi connectivity index (χ2n) is 8.07. The maximum absolute atomic E-state index is 12.5. The number of carbonyl (C=O) groups is 1. The number of aryl methyl sites for hydroxylation is 1. The normalized spacial score (nSPS) is 21.2. The fourth-order valence-corrected chi connectivity index (χ4v) is 4.66. The molecule has 2 N–H and O–H groups in total. The first-order valence-electron chi connectivity index (χ1n) is 10.6. The van der Waals surface area contributed by atoms with E-state index in [1.807, 2.05) is 6.08 Å². The van der Waals surface area contributed by atoms with Gasteiger partial charge < -0.3 is 4.98 Å². The predicted molar refractivity (Wildman–Crippen MR) is 111 cm³/mol. The lowest BCUT2D eigenvalue weighted by Gasteiger charge is -2.27. The van der Waals surface area contributed by atoms with Crippen molar-refractivity contribution in [3.8, 4) is 0 Å². The first kappa shape index (κ1) is 18.2. The number of nitrogens with one attached hydrogen (secondary N) is 2. The summed E-state index contributed by atoms with van der Waals surface area (Å²) in [6.07, 6.45) is 13.7. The van der Waals surface area contributed by atoms with Gasteiger partial charge in [-0.15, -0.1) is 0 Å². The molecule has 1 fully saturated rings. The molecule has 0 aromatic carbocycles. The van der Waals surface area contributed by atoms with Gasteiger partial charge in [-0.3, -0.25) is 9.69 Å². The van der Waals surface area contributed by atoms with Gasteiger partial charge in [-0.05, 0) is 74.9 Å². The number of hydrogen-bond acceptors (Lipinski definition) is 5. The van der Waals surface area contributed by atoms with Crippen LogP contribution in [0.1, 0.15) is 60.3 Å². The zero-order valence-electron chi connectivity index (χ0n) is 16.6. The van der Waals surface area contributed by atoms with Crippen LogP contribution in [0.25, 0.3) is 6.08 Å². The van der Waals surface area contributed by atoms with Crippen LogP contribution < -0.4 is 5.43 Å². The van der Waals surface area contributed by atoms with Crippen LogP contribution in [0.15, 0.2) is 29.3 Å². The molecule has 7 heteroatoms. The highest BCUT2D eigenvalue weighted by molar-refractivity contribution is 6.32. The molecule has 1 aliphatic carbocycles. The molecule has 0 saturated carbocycles. The summed E-state index contributed by atoms with van der Waals surface area (Å²) in [5.41, 5.74) is 9.60. The van der Waals surface area contributed by atoms with Crippen LogP contribution in [0.2, 0.25) is 0 Å². The minimum atomic E-state index is -0.185. The van der Waals surface area contributed by atoms with Gasteiger partial charge >= 0.3 is 0 Å². The van der Waals surface area contributed by atoms with Crippen molar-refractivity contribution in [3.63, 3.8) is 0 Å². The van der Waals surface area contributed by atoms with Crippen molar-refractivity contribution in [1.29, 1.82) is 0 Å². The highest BCUT2D eigenvalue weighted by Crippen LogP contribution is 2.31. The Morgan fingerprint density at radius 1 is 1.10 bits per heavy atom. The van der Waals surface area contributed by atoms with E-state index in [9.17, 15) is 4.79 Å². The van der Waals surface area contributed by atoms with Crippen molar-refractivity contribution in [2.75, 3.05) is 13.1 Å². The first-order chi connectivity index (χ1) is 14.3. The Morgan fingerprint density at radius 2 is 1.97 bits per heavy atom. The number of hydrogen-bond donors (Lipinski definition) is 2. The summed E-state index contributed by atoms with van der Waals surface area (Å²) in [6.45, 7) is 3.26. The smallest absolute Gasteiger partial charge is 0.273 e. The maximum atomic E-state index is 12.5. The summed E-state index contributed by atoms with van der Waals surface area (Å²) >= 11 is 0. The lowest BCUT2D eigenvalue weighted by atomic mass is 9.93. The maximum Gasteiger partial charge on any atom is 0.273 e. The van der Waals surface area contributed by atoms with Crippen molar-refractivity contribution in [2.45, 2.75) is 51.5 Å². The van der Waals surface area contributed by atoms with Crippen molar-refractivity contribution in [2.24, 2.45) is 5.10 Å². The summed E-state index contributed by atoms with van der Waals surface area (Å²) in [4.78, 5) is 27.0. The molecule has 3 aliphatic rings. The second-order valence-corrected chi connectivity index (χ2v) is 8.07. The average Bonchev–Trinajstić information content (AvgIpc) is 3.30. The molecule has 5 rings (SSSR count). The van der Waals surface area contributed by atoms with E-state index in [2.05, 4.69) is 30.4 Å². The average molecular weight is 390 g/mol. The van der Waals surface area contributed by atoms with Crippen LogP contribution in [0.4, 0.5) is 0 Å². The monoisotopic (exact) mass is 390 g/mol. The van der Waals surface area contributed by atoms with Crippen molar-refractivity contribution < 1.29 is 4.79 Å². The molecule has 2 aromatic rings. The Hall–Kier alpha value is -2.80. The van der Waals surface area contributed by atoms with Gasteiger partial charge in [0, 0.05) is 24.1 Å². The molecule has 0 spiro atoms. The minimum Gasteiger partial charge on any atom is -0.358 e. The number of piperidine rings is 1. The number of carbonyl (C=O) groups excluding carboxylic acids is 1. The van der Waals surface area contributed by atoms with E-state index in [0.717, 1.165) is 38.2 Å². The largest absolute Gasteiger partial charge is 0.358 e. The highest BCUT2D eigenvalue weighted by Gasteiger charge is 2.27. The molecule has 7 nitrogen and oxygen atoms in total. The third kappa shape index (κ3) is 3.62. The Balaban J connectivity index is 1.53. The van der Waals surface area contributed by atoms with Crippen molar-refractivity contribution in [3.05, 3.63) is 52.4 Å². The molecule has 2 aromatic heterocycles. The fraction of sp³-hybridized carbons (Fsp3) is 0.455. The van der Waals surface area contributed by atoms with Crippen molar-refractivity contribution in [1.82, 2.24) is 25.3 Å². The molecular weight excluding hydrogens is 364 g/mol. The first-order valence-corrected chi connectivity index (χ1v) is 10.6. The minimum absolute atomic E-state index is 0.185. The summed E-state index contributed by atoms with van der Waals surface area (Å²) in [6, 6.07) is 1.78. The molecule has 0 unspecified atom stereocenters. The van der Waals surface area contributed by atoms with E-state index in [1.54, 1.807) is 12.3 Å². The Labute approximate surface area is 170 Å². The van der Waals surface area contributed by atoms with Gasteiger partial charge in [-0.2, -0.15) is 5.10 Å². The Kier molecular flexibility index (Phi) is 4.97. The number of aromatic nitrogens is 3. The standard InChI is InChI=1S/C22H26N6O/c29-22-16(21(26-27-22)19-8-9-23-14-24-19)12-20-17(13-28-10-4-1-5-11-28)15-6-2-3-7-18(15)25-20/h8-9,12,14,25H,1-7,10-11,13H2,(H,27,29)/b16-12+. The number of likely N-dealkylation sites (tertiary alicyclic amines) is 1. The number of aromatic amines is 1. The highest BCUT2D eigenvalue weighted by atomic mass is 16.2. The quantitative estimate of drug-likeness (QED) is 0.786. The van der Waals surface area contributed by atoms with Gasteiger partial charge in [0.25, 0.3) is 5.91 Å². The van der Waals surface area contributed by atoms with E-state index < -0.39 is 0 Å². The molecule has 0 bridgehead atoms. The molecule has 0 atom stereocenters. The lowest BCUT2D eigenvalue weighted by molar-refractivity contribution is -0.116. The molecule has 0 radical (unpaired) electrons. The fourth-order valence-electron chi connectivity index (χ4n) is 4.66. The third-order valence-corrected chi connectivity index (χ3v) is 6.16. The van der Waals surface area contributed by atoms with E-state index in [4.69, 9.17) is 0 Å². The van der Waals surface area contributed by atoms with Crippen LogP contribution in [0.5, 0.6) is 0 Å². The Bertz CT molecular complexity index is 969. The molecule has 150 valence electrons. The van der Waals surface area contributed by atoms with E-state index >= 15 is 0 Å². The second kappa shape index (κ2) is 7.91. The topological polar surface area (TPSA) is 86.3 Å². The molecule has 1 amide bonds. The van der Waals surface area contributed by atoms with Crippen LogP contribution in [0.3, 0.4) is 0 Å². The third-order valence-electron chi connectivity index (χ3n) is 6.16. The Morgan fingerprint density at radius 3 is 2.79 bits per heavy atom. The number of H-pyrrole nitrogens is 1. The zero-order chi connectivity index (χ0) is 19.6. The molecule has 29 heavy (non-hydrogen) atoms. The summed E-state index contributed by atoms with van der Waals surface area (Å²) in [5, 5.41) is 4.23. The van der Waals surface area contributed by atoms with Gasteiger partial charge in [-0.1, -0.05) is 6.42 Å². The molecule has 1 saturated heterocycles. The number of hydrazone groups is 1. The number of rotatable bonds is 4. The van der Waals surface area contributed by atoms with Gasteiger partial charge in [0.2, 0.25) is 0 Å². The SMILES string of the molecule is O=C1NN=C(c2ccncn2)/C1=C\c1[nH]c2c(c1CN1CCCCC1)CCCC2. The van der Waals surface area contributed by atoms with Crippen LogP contribution in [-0.4, -0.2) is 44.6 Å². The van der Waals surface area contributed by atoms with Gasteiger partial charge in [0.1, 0.15) is 12.0 Å². The number of fused-ring (bicyclic) bond motifs is 1. The summed E-state index contributed by atoms with van der Waals surface area (Å²) < 4.78 is 0. The van der Waals surface area contributed by atoms with Gasteiger partial charge in [0.15, 0.2) is 0 Å². The molecule has 4 heterocycles. The zero-order valence-corrected chi connectivity index (χ0v) is 16.6. The van der Waals surface area contributed by atoms with Crippen LogP contribution in [-0.2, 0) is 24.2 Å². The summed E-state index contributed by atoms with van der Waals surface area (Å²) in [7, 11) is 0. The van der Waals surface area contributed by atoms with Gasteiger partial charge in [-0.25, -0.2) is 15.4 Å². The number of amides is 1.